The average molecular weight is 668 g/mol. The molecule has 10 nitrogen and oxygen atoms in total. The molecule has 48 heavy (non-hydrogen) atoms. The normalized spacial score (nSPS) is 24.5. The van der Waals surface area contributed by atoms with Crippen molar-refractivity contribution in [2.75, 3.05) is 43.4 Å². The third-order valence-electron chi connectivity index (χ3n) is 10.3. The molecule has 3 aromatic rings. The minimum absolute atomic E-state index is 0.0468. The van der Waals surface area contributed by atoms with Crippen LogP contribution in [0.25, 0.3) is 0 Å². The number of hydrogen-bond donors (Lipinski definition) is 1. The van der Waals surface area contributed by atoms with Crippen LogP contribution < -0.4 is 14.4 Å². The SMILES string of the molecule is CCOc1cncc(C#Cc2cncc(C(=O)N3CCN(c4ccc(C(=O)NS(=O)(=O)CC56CC7CC(CC(C7)C5)C6)cc4)CC3)c2)c1. The number of amides is 2. The van der Waals surface area contributed by atoms with Crippen molar-refractivity contribution in [1.82, 2.24) is 19.6 Å². The molecule has 1 aliphatic heterocycles. The van der Waals surface area contributed by atoms with Crippen LogP contribution in [0.4, 0.5) is 5.69 Å². The first-order chi connectivity index (χ1) is 23.2. The fourth-order valence-corrected chi connectivity index (χ4v) is 10.4. The predicted molar refractivity (Wildman–Crippen MR) is 182 cm³/mol. The van der Waals surface area contributed by atoms with Gasteiger partial charge in [-0.2, -0.15) is 0 Å². The summed E-state index contributed by atoms with van der Waals surface area (Å²) in [5.74, 6) is 8.08. The lowest BCUT2D eigenvalue weighted by molar-refractivity contribution is -0.0391. The summed E-state index contributed by atoms with van der Waals surface area (Å²) in [5.41, 5.74) is 2.87. The Morgan fingerprint density at radius 1 is 0.854 bits per heavy atom. The van der Waals surface area contributed by atoms with E-state index in [4.69, 9.17) is 4.74 Å². The number of carbonyl (C=O) groups excluding carboxylic acids is 2. The predicted octanol–water partition coefficient (Wildman–Crippen LogP) is 4.51. The minimum Gasteiger partial charge on any atom is -0.492 e. The van der Waals surface area contributed by atoms with E-state index in [1.165, 1.54) is 19.3 Å². The molecule has 3 heterocycles. The van der Waals surface area contributed by atoms with Gasteiger partial charge in [0.2, 0.25) is 10.0 Å². The van der Waals surface area contributed by atoms with E-state index in [1.54, 1.807) is 47.9 Å². The molecule has 11 heteroatoms. The number of rotatable bonds is 8. The molecular formula is C37H41N5O5S. The molecule has 0 atom stereocenters. The largest absolute Gasteiger partial charge is 0.492 e. The Hall–Kier alpha value is -4.43. The van der Waals surface area contributed by atoms with Crippen LogP contribution in [0, 0.1) is 35.0 Å². The highest BCUT2D eigenvalue weighted by molar-refractivity contribution is 7.90. The molecule has 5 fully saturated rings. The van der Waals surface area contributed by atoms with Gasteiger partial charge < -0.3 is 14.5 Å². The second-order valence-corrected chi connectivity index (χ2v) is 15.7. The quantitative estimate of drug-likeness (QED) is 0.349. The zero-order valence-electron chi connectivity index (χ0n) is 27.2. The standard InChI is InChI=1S/C37H41N5O5S/c1-2-47-34-17-27(22-39-24-34)4-3-26-16-32(23-38-21-26)36(44)42-11-9-41(10-12-42)33-7-5-31(6-8-33)35(43)40-48(45,46)25-37-18-28-13-29(19-37)15-30(14-28)20-37/h5-8,16-17,21-24,28-30H,2,9-15,18-20,25H2,1H3,(H,40,43). The lowest BCUT2D eigenvalue weighted by Gasteiger charge is -2.56. The summed E-state index contributed by atoms with van der Waals surface area (Å²) >= 11 is 0. The van der Waals surface area contributed by atoms with Crippen molar-refractivity contribution in [2.24, 2.45) is 23.2 Å². The van der Waals surface area contributed by atoms with Crippen molar-refractivity contribution in [1.29, 1.82) is 0 Å². The smallest absolute Gasteiger partial charge is 0.264 e. The van der Waals surface area contributed by atoms with E-state index in [0.717, 1.165) is 24.9 Å². The molecule has 250 valence electrons. The third-order valence-corrected chi connectivity index (χ3v) is 11.8. The van der Waals surface area contributed by atoms with E-state index in [-0.39, 0.29) is 17.1 Å². The van der Waals surface area contributed by atoms with E-state index >= 15 is 0 Å². The molecule has 0 radical (unpaired) electrons. The number of nitrogens with one attached hydrogen (secondary N) is 1. The van der Waals surface area contributed by atoms with Crippen LogP contribution in [-0.2, 0) is 10.0 Å². The van der Waals surface area contributed by atoms with Gasteiger partial charge in [0.1, 0.15) is 5.75 Å². The summed E-state index contributed by atoms with van der Waals surface area (Å²) < 4.78 is 34.2. The summed E-state index contributed by atoms with van der Waals surface area (Å²) in [5, 5.41) is 0. The summed E-state index contributed by atoms with van der Waals surface area (Å²) in [6.45, 7) is 4.73. The fourth-order valence-electron chi connectivity index (χ4n) is 8.78. The van der Waals surface area contributed by atoms with Crippen molar-refractivity contribution in [2.45, 2.75) is 45.4 Å². The summed E-state index contributed by atoms with van der Waals surface area (Å²) in [7, 11) is -3.75. The first-order valence-electron chi connectivity index (χ1n) is 16.9. The molecule has 5 aliphatic rings. The van der Waals surface area contributed by atoms with E-state index in [1.807, 2.05) is 25.1 Å². The van der Waals surface area contributed by atoms with Gasteiger partial charge in [-0.25, -0.2) is 13.1 Å². The number of hydrogen-bond acceptors (Lipinski definition) is 8. The highest BCUT2D eigenvalue weighted by Crippen LogP contribution is 2.60. The summed E-state index contributed by atoms with van der Waals surface area (Å²) in [6.07, 6.45) is 13.2. The average Bonchev–Trinajstić information content (AvgIpc) is 3.06. The van der Waals surface area contributed by atoms with Crippen LogP contribution in [0.15, 0.2) is 61.2 Å². The second-order valence-electron chi connectivity index (χ2n) is 14.0. The maximum Gasteiger partial charge on any atom is 0.264 e. The lowest BCUT2D eigenvalue weighted by atomic mass is 9.50. The zero-order valence-corrected chi connectivity index (χ0v) is 28.0. The van der Waals surface area contributed by atoms with Crippen LogP contribution in [-0.4, -0.2) is 73.6 Å². The number of nitrogens with zero attached hydrogens (tertiary/aromatic N) is 4. The Kier molecular flexibility index (Phi) is 8.86. The van der Waals surface area contributed by atoms with Gasteiger partial charge >= 0.3 is 0 Å². The summed E-state index contributed by atoms with van der Waals surface area (Å²) in [4.78, 5) is 38.7. The number of ether oxygens (including phenoxy) is 1. The van der Waals surface area contributed by atoms with E-state index in [2.05, 4.69) is 31.4 Å². The van der Waals surface area contributed by atoms with Gasteiger partial charge in [0, 0.05) is 67.1 Å². The number of pyridine rings is 2. The Morgan fingerprint density at radius 3 is 2.08 bits per heavy atom. The highest BCUT2D eigenvalue weighted by atomic mass is 32.2. The Labute approximate surface area is 282 Å². The molecule has 1 saturated heterocycles. The molecular weight excluding hydrogens is 627 g/mol. The number of aromatic nitrogens is 2. The second kappa shape index (κ2) is 13.2. The van der Waals surface area contributed by atoms with Crippen molar-refractivity contribution in [3.05, 3.63) is 83.4 Å². The van der Waals surface area contributed by atoms with E-state index < -0.39 is 15.9 Å². The molecule has 2 amide bonds. The number of anilines is 1. The van der Waals surface area contributed by atoms with Crippen molar-refractivity contribution < 1.29 is 22.7 Å². The van der Waals surface area contributed by atoms with Gasteiger partial charge in [-0.1, -0.05) is 11.8 Å². The molecule has 8 rings (SSSR count). The number of benzene rings is 1. The maximum atomic E-state index is 13.3. The monoisotopic (exact) mass is 667 g/mol. The number of carbonyl (C=O) groups is 2. The fraction of sp³-hybridized carbons (Fsp3) is 0.459. The van der Waals surface area contributed by atoms with Gasteiger partial charge in [0.05, 0.1) is 24.1 Å². The molecule has 1 N–H and O–H groups in total. The molecule has 0 unspecified atom stereocenters. The molecule has 4 aliphatic carbocycles. The van der Waals surface area contributed by atoms with Gasteiger partial charge in [-0.3, -0.25) is 19.6 Å². The van der Waals surface area contributed by atoms with Crippen LogP contribution in [0.5, 0.6) is 5.75 Å². The summed E-state index contributed by atoms with van der Waals surface area (Å²) in [6, 6.07) is 10.6. The van der Waals surface area contributed by atoms with Crippen molar-refractivity contribution in [3.8, 4) is 17.6 Å². The van der Waals surface area contributed by atoms with Crippen LogP contribution in [0.2, 0.25) is 0 Å². The minimum atomic E-state index is -3.75. The number of piperazine rings is 1. The van der Waals surface area contributed by atoms with Gasteiger partial charge in [0.15, 0.2) is 0 Å². The first kappa shape index (κ1) is 32.1. The molecule has 1 aromatic carbocycles. The topological polar surface area (TPSA) is 122 Å². The Bertz CT molecular complexity index is 1820. The van der Waals surface area contributed by atoms with E-state index in [0.29, 0.717) is 78.5 Å². The Balaban J connectivity index is 0.920. The molecule has 4 saturated carbocycles. The Morgan fingerprint density at radius 2 is 1.46 bits per heavy atom. The van der Waals surface area contributed by atoms with Crippen molar-refractivity contribution >= 4 is 27.5 Å². The lowest BCUT2D eigenvalue weighted by Crippen LogP contribution is -2.51. The third kappa shape index (κ3) is 7.19. The molecule has 2 aromatic heterocycles. The number of sulfonamides is 1. The van der Waals surface area contributed by atoms with Crippen LogP contribution in [0.1, 0.15) is 77.3 Å². The maximum absolute atomic E-state index is 13.3. The molecule has 0 spiro atoms. The van der Waals surface area contributed by atoms with Gasteiger partial charge in [-0.15, -0.1) is 0 Å². The zero-order chi connectivity index (χ0) is 33.3. The van der Waals surface area contributed by atoms with Gasteiger partial charge in [-0.05, 0) is 105 Å². The van der Waals surface area contributed by atoms with Crippen LogP contribution >= 0.6 is 0 Å². The van der Waals surface area contributed by atoms with Crippen molar-refractivity contribution in [3.63, 3.8) is 0 Å². The van der Waals surface area contributed by atoms with E-state index in [9.17, 15) is 18.0 Å². The highest BCUT2D eigenvalue weighted by Gasteiger charge is 2.52. The van der Waals surface area contributed by atoms with Crippen LogP contribution in [0.3, 0.4) is 0 Å². The first-order valence-corrected chi connectivity index (χ1v) is 18.6. The molecule has 4 bridgehead atoms. The van der Waals surface area contributed by atoms with Gasteiger partial charge in [0.25, 0.3) is 11.8 Å².